The number of anilines is 1. The second-order valence-corrected chi connectivity index (χ2v) is 8.46. The standard InChI is InChI=1S/C21H15F5N4O4S/c1-8-10(15-17(32)29(2)20(33)30(3)18(15)34-8)6-14(31)28-19-27-13(7-35-19)11-4-9(21(24,25)26)5-12(22)16(11)23/h4-5,7H,6H2,1-3H3,(H,27,28,31). The molecule has 4 rings (SSSR count). The third-order valence-electron chi connectivity index (χ3n) is 5.31. The Hall–Kier alpha value is -3.81. The van der Waals surface area contributed by atoms with Crippen molar-refractivity contribution in [1.82, 2.24) is 14.1 Å². The van der Waals surface area contributed by atoms with Gasteiger partial charge in [-0.1, -0.05) is 0 Å². The molecule has 0 unspecified atom stereocenters. The molecule has 0 aliphatic heterocycles. The fourth-order valence-electron chi connectivity index (χ4n) is 3.52. The van der Waals surface area contributed by atoms with Crippen LogP contribution in [0.15, 0.2) is 31.5 Å². The Labute approximate surface area is 196 Å². The highest BCUT2D eigenvalue weighted by Crippen LogP contribution is 2.36. The molecule has 35 heavy (non-hydrogen) atoms. The summed E-state index contributed by atoms with van der Waals surface area (Å²) in [5.41, 5.74) is -3.43. The van der Waals surface area contributed by atoms with Crippen LogP contribution in [0.4, 0.5) is 27.1 Å². The lowest BCUT2D eigenvalue weighted by Crippen LogP contribution is -2.36. The predicted molar refractivity (Wildman–Crippen MR) is 116 cm³/mol. The van der Waals surface area contributed by atoms with Gasteiger partial charge in [-0.15, -0.1) is 11.3 Å². The van der Waals surface area contributed by atoms with Gasteiger partial charge >= 0.3 is 11.9 Å². The van der Waals surface area contributed by atoms with Crippen molar-refractivity contribution >= 4 is 33.5 Å². The number of nitrogens with zero attached hydrogens (tertiary/aromatic N) is 3. The SMILES string of the molecule is Cc1oc2c(c1CC(=O)Nc1nc(-c3cc(C(F)(F)F)cc(F)c3F)cs1)c(=O)n(C)c(=O)n2C. The first kappa shape index (κ1) is 24.3. The summed E-state index contributed by atoms with van der Waals surface area (Å²) in [5, 5.41) is 3.53. The lowest BCUT2D eigenvalue weighted by atomic mass is 10.1. The molecular formula is C21H15F5N4O4S. The molecule has 14 heteroatoms. The number of halogens is 5. The van der Waals surface area contributed by atoms with E-state index in [9.17, 15) is 36.3 Å². The first-order valence-electron chi connectivity index (χ1n) is 9.79. The number of alkyl halides is 3. The zero-order valence-corrected chi connectivity index (χ0v) is 19.0. The molecule has 0 spiro atoms. The van der Waals surface area contributed by atoms with Gasteiger partial charge in [0.05, 0.1) is 17.7 Å². The topological polar surface area (TPSA) is 99.1 Å². The number of fused-ring (bicyclic) bond motifs is 1. The number of benzene rings is 1. The van der Waals surface area contributed by atoms with E-state index in [-0.39, 0.29) is 45.7 Å². The van der Waals surface area contributed by atoms with Crippen molar-refractivity contribution in [3.63, 3.8) is 0 Å². The summed E-state index contributed by atoms with van der Waals surface area (Å²) < 4.78 is 74.4. The van der Waals surface area contributed by atoms with Gasteiger partial charge in [0.15, 0.2) is 16.8 Å². The molecule has 0 bridgehead atoms. The Morgan fingerprint density at radius 2 is 1.86 bits per heavy atom. The zero-order valence-electron chi connectivity index (χ0n) is 18.2. The van der Waals surface area contributed by atoms with Crippen LogP contribution < -0.4 is 16.6 Å². The minimum atomic E-state index is -4.90. The van der Waals surface area contributed by atoms with Crippen LogP contribution >= 0.6 is 11.3 Å². The zero-order chi connectivity index (χ0) is 25.8. The number of aryl methyl sites for hydroxylation is 2. The van der Waals surface area contributed by atoms with Crippen molar-refractivity contribution in [3.8, 4) is 11.3 Å². The average Bonchev–Trinajstić information content (AvgIpc) is 3.36. The van der Waals surface area contributed by atoms with Crippen molar-refractivity contribution in [2.45, 2.75) is 19.5 Å². The van der Waals surface area contributed by atoms with Crippen LogP contribution in [0.5, 0.6) is 0 Å². The first-order valence-corrected chi connectivity index (χ1v) is 10.7. The maximum atomic E-state index is 14.2. The number of hydrogen-bond acceptors (Lipinski definition) is 6. The lowest BCUT2D eigenvalue weighted by Gasteiger charge is -2.09. The minimum Gasteiger partial charge on any atom is -0.444 e. The molecule has 0 radical (unpaired) electrons. The van der Waals surface area contributed by atoms with Gasteiger partial charge in [0.1, 0.15) is 11.1 Å². The second-order valence-electron chi connectivity index (χ2n) is 7.60. The van der Waals surface area contributed by atoms with Crippen LogP contribution in [0.2, 0.25) is 0 Å². The highest BCUT2D eigenvalue weighted by atomic mass is 32.1. The van der Waals surface area contributed by atoms with E-state index in [1.165, 1.54) is 21.0 Å². The Kier molecular flexibility index (Phi) is 5.87. The van der Waals surface area contributed by atoms with Gasteiger partial charge in [0.25, 0.3) is 5.56 Å². The van der Waals surface area contributed by atoms with Gasteiger partial charge in [-0.25, -0.2) is 18.6 Å². The van der Waals surface area contributed by atoms with Gasteiger partial charge in [-0.3, -0.25) is 18.7 Å². The van der Waals surface area contributed by atoms with E-state index in [1.807, 2.05) is 0 Å². The molecular weight excluding hydrogens is 499 g/mol. The maximum Gasteiger partial charge on any atom is 0.416 e. The third kappa shape index (κ3) is 4.24. The monoisotopic (exact) mass is 514 g/mol. The van der Waals surface area contributed by atoms with E-state index in [1.54, 1.807) is 0 Å². The van der Waals surface area contributed by atoms with E-state index in [4.69, 9.17) is 4.42 Å². The molecule has 0 atom stereocenters. The fourth-order valence-corrected chi connectivity index (χ4v) is 4.24. The smallest absolute Gasteiger partial charge is 0.416 e. The van der Waals surface area contributed by atoms with Crippen LogP contribution in [0.3, 0.4) is 0 Å². The molecule has 8 nitrogen and oxygen atoms in total. The number of rotatable bonds is 4. The number of furan rings is 1. The van der Waals surface area contributed by atoms with Crippen LogP contribution in [0.25, 0.3) is 22.4 Å². The molecule has 3 aromatic heterocycles. The van der Waals surface area contributed by atoms with Crippen molar-refractivity contribution < 1.29 is 31.2 Å². The van der Waals surface area contributed by atoms with Crippen LogP contribution in [-0.2, 0) is 31.5 Å². The van der Waals surface area contributed by atoms with Gasteiger partial charge in [0, 0.05) is 30.6 Å². The lowest BCUT2D eigenvalue weighted by molar-refractivity contribution is -0.137. The third-order valence-corrected chi connectivity index (χ3v) is 6.06. The van der Waals surface area contributed by atoms with Crippen molar-refractivity contribution in [1.29, 1.82) is 0 Å². The Morgan fingerprint density at radius 1 is 1.17 bits per heavy atom. The molecule has 1 aromatic carbocycles. The largest absolute Gasteiger partial charge is 0.444 e. The average molecular weight is 514 g/mol. The highest BCUT2D eigenvalue weighted by Gasteiger charge is 2.33. The van der Waals surface area contributed by atoms with Gasteiger partial charge in [0.2, 0.25) is 11.6 Å². The molecule has 0 aliphatic carbocycles. The van der Waals surface area contributed by atoms with Crippen molar-refractivity contribution in [2.24, 2.45) is 14.1 Å². The second kappa shape index (κ2) is 8.45. The number of carbonyl (C=O) groups is 1. The summed E-state index contributed by atoms with van der Waals surface area (Å²) in [6, 6.07) is 0.478. The van der Waals surface area contributed by atoms with E-state index >= 15 is 0 Å². The molecule has 1 amide bonds. The summed E-state index contributed by atoms with van der Waals surface area (Å²) in [4.78, 5) is 41.2. The minimum absolute atomic E-state index is 0.00279. The molecule has 3 heterocycles. The summed E-state index contributed by atoms with van der Waals surface area (Å²) in [6.45, 7) is 1.51. The number of hydrogen-bond donors (Lipinski definition) is 1. The molecule has 0 saturated heterocycles. The van der Waals surface area contributed by atoms with Crippen molar-refractivity contribution in [2.75, 3.05) is 5.32 Å². The van der Waals surface area contributed by atoms with E-state index in [0.29, 0.717) is 6.07 Å². The fraction of sp³-hybridized carbons (Fsp3) is 0.238. The number of aromatic nitrogens is 3. The van der Waals surface area contributed by atoms with E-state index < -0.39 is 46.1 Å². The van der Waals surface area contributed by atoms with Crippen LogP contribution in [0, 0.1) is 18.6 Å². The molecule has 1 N–H and O–H groups in total. The van der Waals surface area contributed by atoms with E-state index in [0.717, 1.165) is 25.9 Å². The number of amides is 1. The summed E-state index contributed by atoms with van der Waals surface area (Å²) >= 11 is 0.783. The number of nitrogens with one attached hydrogen (secondary N) is 1. The Bertz CT molecular complexity index is 1610. The molecule has 0 saturated carbocycles. The summed E-state index contributed by atoms with van der Waals surface area (Å²) in [6.07, 6.45) is -5.25. The number of thiazole rings is 1. The number of carbonyl (C=O) groups excluding carboxylic acids is 1. The van der Waals surface area contributed by atoms with E-state index in [2.05, 4.69) is 10.3 Å². The van der Waals surface area contributed by atoms with Gasteiger partial charge < -0.3 is 9.73 Å². The molecule has 4 aromatic rings. The first-order chi connectivity index (χ1) is 16.3. The Balaban J connectivity index is 1.63. The highest BCUT2D eigenvalue weighted by molar-refractivity contribution is 7.14. The van der Waals surface area contributed by atoms with Gasteiger partial charge in [-0.2, -0.15) is 13.2 Å². The molecule has 0 fully saturated rings. The van der Waals surface area contributed by atoms with Gasteiger partial charge in [-0.05, 0) is 19.1 Å². The maximum absolute atomic E-state index is 14.2. The quantitative estimate of drug-likeness (QED) is 0.419. The normalized spacial score (nSPS) is 11.9. The summed E-state index contributed by atoms with van der Waals surface area (Å²) in [7, 11) is 2.69. The van der Waals surface area contributed by atoms with Crippen LogP contribution in [-0.4, -0.2) is 20.0 Å². The van der Waals surface area contributed by atoms with Crippen molar-refractivity contribution in [3.05, 3.63) is 66.9 Å². The molecule has 184 valence electrons. The summed E-state index contributed by atoms with van der Waals surface area (Å²) in [5.74, 6) is -3.63. The molecule has 0 aliphatic rings. The van der Waals surface area contributed by atoms with Crippen LogP contribution in [0.1, 0.15) is 16.9 Å². The predicted octanol–water partition coefficient (Wildman–Crippen LogP) is 3.74. The Morgan fingerprint density at radius 3 is 2.51 bits per heavy atom.